The fourth-order valence-corrected chi connectivity index (χ4v) is 3.15. The molecule has 5 heteroatoms. The van der Waals surface area contributed by atoms with Crippen molar-refractivity contribution in [2.75, 3.05) is 0 Å². The van der Waals surface area contributed by atoms with E-state index in [1.807, 2.05) is 44.2 Å². The third kappa shape index (κ3) is 3.36. The lowest BCUT2D eigenvalue weighted by Crippen LogP contribution is -1.99. The molecule has 0 unspecified atom stereocenters. The normalized spacial score (nSPS) is 14.3. The summed E-state index contributed by atoms with van der Waals surface area (Å²) in [5.74, 6) is 2.60. The van der Waals surface area contributed by atoms with Crippen LogP contribution in [0.2, 0.25) is 5.02 Å². The highest BCUT2D eigenvalue weighted by atomic mass is 35.5. The number of allylic oxidation sites excluding steroid dienone is 1. The van der Waals surface area contributed by atoms with Crippen LogP contribution in [0.4, 0.5) is 0 Å². The smallest absolute Gasteiger partial charge is 0.232 e. The lowest BCUT2D eigenvalue weighted by Gasteiger charge is -2.12. The maximum absolute atomic E-state index is 12.6. The number of rotatable bonds is 4. The molecule has 0 saturated heterocycles. The Morgan fingerprint density at radius 3 is 2.63 bits per heavy atom. The quantitative estimate of drug-likeness (QED) is 0.541. The zero-order valence-electron chi connectivity index (χ0n) is 14.9. The highest BCUT2D eigenvalue weighted by Gasteiger charge is 2.30. The Morgan fingerprint density at radius 1 is 1.07 bits per heavy atom. The second-order valence-electron chi connectivity index (χ2n) is 6.33. The number of carbonyl (C=O) groups excluding carboxylic acids is 1. The summed E-state index contributed by atoms with van der Waals surface area (Å²) in [6, 6.07) is 14.7. The average molecular weight is 381 g/mol. The minimum atomic E-state index is -0.167. The summed E-state index contributed by atoms with van der Waals surface area (Å²) in [5, 5.41) is 0.654. The van der Waals surface area contributed by atoms with Gasteiger partial charge in [0, 0.05) is 22.2 Å². The molecule has 1 aromatic heterocycles. The van der Waals surface area contributed by atoms with Crippen LogP contribution >= 0.6 is 11.6 Å². The summed E-state index contributed by atoms with van der Waals surface area (Å²) in [5.41, 5.74) is 2.18. The maximum Gasteiger partial charge on any atom is 0.232 e. The van der Waals surface area contributed by atoms with E-state index in [1.165, 1.54) is 0 Å². The zero-order valence-corrected chi connectivity index (χ0v) is 15.7. The molecule has 4 nitrogen and oxygen atoms in total. The van der Waals surface area contributed by atoms with Gasteiger partial charge in [-0.1, -0.05) is 29.8 Å². The van der Waals surface area contributed by atoms with Crippen molar-refractivity contribution in [3.8, 4) is 11.5 Å². The standard InChI is InChI=1S/C22H17ClO4/c1-13-7-8-16(26-13)11-20-21(24)17-9-10-19(14(2)22(17)27-20)25-12-15-5-3-4-6-18(15)23/h3-11H,12H2,1-2H3/b20-11-. The van der Waals surface area contributed by atoms with Gasteiger partial charge in [0.05, 0.1) is 5.56 Å². The summed E-state index contributed by atoms with van der Waals surface area (Å²) in [6.45, 7) is 4.05. The monoisotopic (exact) mass is 380 g/mol. The van der Waals surface area contributed by atoms with Crippen molar-refractivity contribution >= 4 is 23.5 Å². The van der Waals surface area contributed by atoms with Gasteiger partial charge < -0.3 is 13.9 Å². The maximum atomic E-state index is 12.6. The molecule has 136 valence electrons. The molecule has 2 aromatic carbocycles. The van der Waals surface area contributed by atoms with Gasteiger partial charge in [-0.25, -0.2) is 0 Å². The van der Waals surface area contributed by atoms with Crippen molar-refractivity contribution in [2.45, 2.75) is 20.5 Å². The Balaban J connectivity index is 1.58. The Morgan fingerprint density at radius 2 is 1.89 bits per heavy atom. The Hall–Kier alpha value is -2.98. The topological polar surface area (TPSA) is 48.7 Å². The Kier molecular flexibility index (Phi) is 4.50. The van der Waals surface area contributed by atoms with Gasteiger partial charge in [-0.2, -0.15) is 0 Å². The summed E-state index contributed by atoms with van der Waals surface area (Å²) in [6.07, 6.45) is 1.61. The fourth-order valence-electron chi connectivity index (χ4n) is 2.96. The van der Waals surface area contributed by atoms with Crippen molar-refractivity contribution in [3.05, 3.63) is 87.5 Å². The molecule has 4 rings (SSSR count). The van der Waals surface area contributed by atoms with Crippen molar-refractivity contribution in [2.24, 2.45) is 0 Å². The van der Waals surface area contributed by atoms with Crippen LogP contribution in [-0.2, 0) is 6.61 Å². The molecule has 0 atom stereocenters. The van der Waals surface area contributed by atoms with E-state index in [0.29, 0.717) is 34.5 Å². The highest BCUT2D eigenvalue weighted by molar-refractivity contribution is 6.31. The highest BCUT2D eigenvalue weighted by Crippen LogP contribution is 2.39. The minimum Gasteiger partial charge on any atom is -0.488 e. The fraction of sp³-hybridized carbons (Fsp3) is 0.136. The molecular formula is C22H17ClO4. The molecule has 0 bridgehead atoms. The zero-order chi connectivity index (χ0) is 19.0. The number of ketones is 1. The van der Waals surface area contributed by atoms with Crippen molar-refractivity contribution < 1.29 is 18.7 Å². The number of hydrogen-bond acceptors (Lipinski definition) is 4. The van der Waals surface area contributed by atoms with Gasteiger partial charge in [-0.15, -0.1) is 0 Å². The van der Waals surface area contributed by atoms with Gasteiger partial charge in [0.15, 0.2) is 5.76 Å². The summed E-state index contributed by atoms with van der Waals surface area (Å²) in [7, 11) is 0. The van der Waals surface area contributed by atoms with Gasteiger partial charge >= 0.3 is 0 Å². The molecule has 1 aliphatic heterocycles. The van der Waals surface area contributed by atoms with E-state index in [9.17, 15) is 4.79 Å². The Labute approximate surface area is 162 Å². The molecule has 0 amide bonds. The van der Waals surface area contributed by atoms with E-state index in [1.54, 1.807) is 24.3 Å². The van der Waals surface area contributed by atoms with Crippen molar-refractivity contribution in [1.82, 2.24) is 0 Å². The first-order chi connectivity index (χ1) is 13.0. The van der Waals surface area contributed by atoms with Gasteiger partial charge in [0.25, 0.3) is 0 Å². The first kappa shape index (κ1) is 17.4. The van der Waals surface area contributed by atoms with E-state index in [2.05, 4.69) is 0 Å². The van der Waals surface area contributed by atoms with Crippen LogP contribution in [0.1, 0.15) is 33.0 Å². The van der Waals surface area contributed by atoms with E-state index in [-0.39, 0.29) is 11.5 Å². The van der Waals surface area contributed by atoms with Crippen LogP contribution in [0.3, 0.4) is 0 Å². The third-order valence-electron chi connectivity index (χ3n) is 4.41. The lowest BCUT2D eigenvalue weighted by molar-refractivity contribution is 0.101. The largest absolute Gasteiger partial charge is 0.488 e. The van der Waals surface area contributed by atoms with Gasteiger partial charge in [0.1, 0.15) is 29.6 Å². The van der Waals surface area contributed by atoms with Crippen LogP contribution in [0.5, 0.6) is 11.5 Å². The van der Waals surface area contributed by atoms with E-state index in [0.717, 1.165) is 16.9 Å². The predicted molar refractivity (Wildman–Crippen MR) is 103 cm³/mol. The second-order valence-corrected chi connectivity index (χ2v) is 6.74. The number of furan rings is 1. The number of carbonyl (C=O) groups is 1. The number of hydrogen-bond donors (Lipinski definition) is 0. The van der Waals surface area contributed by atoms with Crippen LogP contribution in [0, 0.1) is 13.8 Å². The SMILES string of the molecule is Cc1ccc(/C=C2\Oc3c(ccc(OCc4ccccc4Cl)c3C)C2=O)o1. The van der Waals surface area contributed by atoms with E-state index >= 15 is 0 Å². The number of ether oxygens (including phenoxy) is 2. The number of halogens is 1. The van der Waals surface area contributed by atoms with Crippen LogP contribution in [0.25, 0.3) is 6.08 Å². The van der Waals surface area contributed by atoms with Crippen molar-refractivity contribution in [1.29, 1.82) is 0 Å². The van der Waals surface area contributed by atoms with E-state index < -0.39 is 0 Å². The third-order valence-corrected chi connectivity index (χ3v) is 4.78. The van der Waals surface area contributed by atoms with Crippen molar-refractivity contribution in [3.63, 3.8) is 0 Å². The first-order valence-corrected chi connectivity index (χ1v) is 8.91. The first-order valence-electron chi connectivity index (χ1n) is 8.53. The Bertz CT molecular complexity index is 1060. The van der Waals surface area contributed by atoms with Crippen LogP contribution in [0.15, 0.2) is 58.7 Å². The number of Topliss-reactive ketones (excluding diaryl/α,β-unsaturated/α-hetero) is 1. The average Bonchev–Trinajstić information content (AvgIpc) is 3.20. The molecule has 3 aromatic rings. The molecular weight excluding hydrogens is 364 g/mol. The van der Waals surface area contributed by atoms with Crippen LogP contribution < -0.4 is 9.47 Å². The molecule has 0 spiro atoms. The molecule has 0 N–H and O–H groups in total. The van der Waals surface area contributed by atoms with Gasteiger partial charge in [-0.3, -0.25) is 4.79 Å². The summed E-state index contributed by atoms with van der Waals surface area (Å²) < 4.78 is 17.2. The number of aryl methyl sites for hydroxylation is 1. The van der Waals surface area contributed by atoms with Crippen LogP contribution in [-0.4, -0.2) is 5.78 Å². The van der Waals surface area contributed by atoms with Gasteiger partial charge in [-0.05, 0) is 44.2 Å². The lowest BCUT2D eigenvalue weighted by atomic mass is 10.1. The molecule has 1 aliphatic rings. The predicted octanol–water partition coefficient (Wildman–Crippen LogP) is 5.75. The second kappa shape index (κ2) is 6.97. The molecule has 0 saturated carbocycles. The molecule has 0 radical (unpaired) electrons. The molecule has 0 aliphatic carbocycles. The minimum absolute atomic E-state index is 0.167. The number of fused-ring (bicyclic) bond motifs is 1. The summed E-state index contributed by atoms with van der Waals surface area (Å²) in [4.78, 5) is 12.6. The van der Waals surface area contributed by atoms with E-state index in [4.69, 9.17) is 25.5 Å². The summed E-state index contributed by atoms with van der Waals surface area (Å²) >= 11 is 6.18. The van der Waals surface area contributed by atoms with Gasteiger partial charge in [0.2, 0.25) is 5.78 Å². The number of benzene rings is 2. The molecule has 2 heterocycles. The molecule has 27 heavy (non-hydrogen) atoms. The molecule has 0 fully saturated rings.